The molecule has 0 amide bonds. The van der Waals surface area contributed by atoms with E-state index in [1.54, 1.807) is 11.8 Å². The predicted molar refractivity (Wildman–Crippen MR) is 211 cm³/mol. The van der Waals surface area contributed by atoms with Gasteiger partial charge in [0.05, 0.1) is 15.5 Å². The summed E-state index contributed by atoms with van der Waals surface area (Å²) in [6.07, 6.45) is 0. The van der Waals surface area contributed by atoms with Crippen molar-refractivity contribution < 1.29 is 9.15 Å². The smallest absolute Gasteiger partial charge is 0.159 e. The summed E-state index contributed by atoms with van der Waals surface area (Å²) in [6.45, 7) is 0. The maximum atomic E-state index is 6.69. The summed E-state index contributed by atoms with van der Waals surface area (Å²) in [6, 6.07) is 63.5. The minimum Gasteiger partial charge on any atom is -0.455 e. The molecule has 4 nitrogen and oxygen atoms in total. The lowest BCUT2D eigenvalue weighted by molar-refractivity contribution is 0.455. The van der Waals surface area contributed by atoms with Crippen LogP contribution in [0.15, 0.2) is 196 Å². The largest absolute Gasteiger partial charge is 0.455 e. The van der Waals surface area contributed by atoms with Gasteiger partial charge >= 0.3 is 0 Å². The van der Waals surface area contributed by atoms with Gasteiger partial charge in [0.2, 0.25) is 0 Å². The second-order valence-electron chi connectivity index (χ2n) is 12.6. The molecule has 0 spiro atoms. The molecule has 1 aromatic heterocycles. The lowest BCUT2D eigenvalue weighted by Crippen LogP contribution is -2.11. The van der Waals surface area contributed by atoms with Crippen molar-refractivity contribution in [2.24, 2.45) is 0 Å². The van der Waals surface area contributed by atoms with Gasteiger partial charge in [0, 0.05) is 45.3 Å². The van der Waals surface area contributed by atoms with Crippen molar-refractivity contribution in [2.45, 2.75) is 9.79 Å². The predicted octanol–water partition coefficient (Wildman–Crippen LogP) is 13.9. The van der Waals surface area contributed by atoms with E-state index in [0.29, 0.717) is 0 Å². The van der Waals surface area contributed by atoms with Crippen molar-refractivity contribution in [2.75, 3.05) is 9.80 Å². The second-order valence-corrected chi connectivity index (χ2v) is 13.6. The molecule has 0 aliphatic carbocycles. The van der Waals surface area contributed by atoms with E-state index in [1.807, 2.05) is 18.2 Å². The first kappa shape index (κ1) is 29.5. The number of nitrogens with zero attached hydrogens (tertiary/aromatic N) is 2. The highest BCUT2D eigenvalue weighted by atomic mass is 32.2. The maximum Gasteiger partial charge on any atom is 0.159 e. The van der Waals surface area contributed by atoms with Crippen LogP contribution in [-0.2, 0) is 0 Å². The molecule has 0 saturated carbocycles. The maximum absolute atomic E-state index is 6.69. The SMILES string of the molecule is c1ccc(N(c2ccccc2)c2ccc3c(c2)Oc2ccc(N(c4ccccc4)c4cccc5c4oc4ccc6ccccc6c45)cc2S3)cc1. The Morgan fingerprint density at radius 2 is 1.04 bits per heavy atom. The van der Waals surface area contributed by atoms with Crippen molar-refractivity contribution in [3.63, 3.8) is 0 Å². The molecule has 5 heteroatoms. The summed E-state index contributed by atoms with van der Waals surface area (Å²) < 4.78 is 13.3. The number of benzene rings is 8. The monoisotopic (exact) mass is 674 g/mol. The van der Waals surface area contributed by atoms with E-state index >= 15 is 0 Å². The van der Waals surface area contributed by atoms with Gasteiger partial charge in [-0.2, -0.15) is 0 Å². The van der Waals surface area contributed by atoms with Gasteiger partial charge in [-0.25, -0.2) is 0 Å². The number of rotatable bonds is 6. The highest BCUT2D eigenvalue weighted by Gasteiger charge is 2.25. The molecular formula is C46H30N2O2S. The molecule has 8 aromatic carbocycles. The first-order valence-electron chi connectivity index (χ1n) is 17.0. The van der Waals surface area contributed by atoms with Crippen LogP contribution in [0.2, 0.25) is 0 Å². The van der Waals surface area contributed by atoms with Crippen molar-refractivity contribution in [3.8, 4) is 11.5 Å². The van der Waals surface area contributed by atoms with Gasteiger partial charge in [0.1, 0.15) is 17.1 Å². The van der Waals surface area contributed by atoms with Gasteiger partial charge in [-0.05, 0) is 89.6 Å². The number of hydrogen-bond acceptors (Lipinski definition) is 5. The highest BCUT2D eigenvalue weighted by Crippen LogP contribution is 2.52. The zero-order chi connectivity index (χ0) is 33.7. The average Bonchev–Trinajstić information content (AvgIpc) is 3.59. The molecule has 242 valence electrons. The summed E-state index contributed by atoms with van der Waals surface area (Å²) in [5, 5.41) is 4.63. The molecule has 0 saturated heterocycles. The third-order valence-corrected chi connectivity index (χ3v) is 10.6. The van der Waals surface area contributed by atoms with Gasteiger partial charge in [-0.3, -0.25) is 0 Å². The van der Waals surface area contributed by atoms with Crippen LogP contribution in [0.5, 0.6) is 11.5 Å². The molecule has 0 fully saturated rings. The standard InChI is InChI=1S/C46H30N2O2S/c1-4-14-32(15-5-1)47(33-16-6-2-7-17-33)35-25-28-43-42(29-35)49-40-27-24-36(30-44(40)51-43)48(34-18-8-3-9-19-34)39-22-12-21-38-45-37-20-11-10-13-31(37)23-26-41(45)50-46(38)39/h1-30H. The molecule has 1 aliphatic heterocycles. The summed E-state index contributed by atoms with van der Waals surface area (Å²) >= 11 is 1.73. The highest BCUT2D eigenvalue weighted by molar-refractivity contribution is 7.99. The Morgan fingerprint density at radius 1 is 0.412 bits per heavy atom. The molecule has 2 heterocycles. The normalized spacial score (nSPS) is 12.0. The number of ether oxygens (including phenoxy) is 1. The Morgan fingerprint density at radius 3 is 1.78 bits per heavy atom. The number of fused-ring (bicyclic) bond motifs is 7. The van der Waals surface area contributed by atoms with E-state index in [-0.39, 0.29) is 0 Å². The summed E-state index contributed by atoms with van der Waals surface area (Å²) in [4.78, 5) is 6.66. The molecule has 0 unspecified atom stereocenters. The number of para-hydroxylation sites is 4. The Labute approximate surface area is 299 Å². The fraction of sp³-hybridized carbons (Fsp3) is 0. The summed E-state index contributed by atoms with van der Waals surface area (Å²) in [5.41, 5.74) is 8.00. The van der Waals surface area contributed by atoms with Crippen molar-refractivity contribution >= 4 is 78.6 Å². The van der Waals surface area contributed by atoms with Crippen LogP contribution in [0.3, 0.4) is 0 Å². The van der Waals surface area contributed by atoms with Crippen LogP contribution in [0.4, 0.5) is 34.1 Å². The van der Waals surface area contributed by atoms with Crippen molar-refractivity contribution in [3.05, 3.63) is 182 Å². The third-order valence-electron chi connectivity index (χ3n) is 9.46. The topological polar surface area (TPSA) is 28.9 Å². The third kappa shape index (κ3) is 5.09. The molecule has 0 N–H and O–H groups in total. The van der Waals surface area contributed by atoms with E-state index in [9.17, 15) is 0 Å². The lowest BCUT2D eigenvalue weighted by Gasteiger charge is -2.29. The number of furan rings is 1. The van der Waals surface area contributed by atoms with Crippen LogP contribution < -0.4 is 14.5 Å². The molecule has 10 rings (SSSR count). The van der Waals surface area contributed by atoms with E-state index in [0.717, 1.165) is 77.4 Å². The average molecular weight is 675 g/mol. The summed E-state index contributed by atoms with van der Waals surface area (Å²) in [7, 11) is 0. The van der Waals surface area contributed by atoms with Crippen LogP contribution in [0.1, 0.15) is 0 Å². The number of hydrogen-bond donors (Lipinski definition) is 0. The Hall–Kier alpha value is -6.43. The van der Waals surface area contributed by atoms with Crippen LogP contribution >= 0.6 is 11.8 Å². The summed E-state index contributed by atoms with van der Waals surface area (Å²) in [5.74, 6) is 1.68. The van der Waals surface area contributed by atoms with Crippen LogP contribution in [0, 0.1) is 0 Å². The van der Waals surface area contributed by atoms with E-state index in [4.69, 9.17) is 9.15 Å². The molecule has 51 heavy (non-hydrogen) atoms. The van der Waals surface area contributed by atoms with E-state index in [2.05, 4.69) is 174 Å². The van der Waals surface area contributed by atoms with Crippen LogP contribution in [0.25, 0.3) is 32.7 Å². The molecule has 1 aliphatic rings. The molecule has 0 radical (unpaired) electrons. The van der Waals surface area contributed by atoms with Gasteiger partial charge < -0.3 is 19.0 Å². The minimum atomic E-state index is 0.834. The molecule has 9 aromatic rings. The fourth-order valence-electron chi connectivity index (χ4n) is 7.17. The van der Waals surface area contributed by atoms with Crippen molar-refractivity contribution in [1.82, 2.24) is 0 Å². The van der Waals surface area contributed by atoms with Gasteiger partial charge in [-0.1, -0.05) is 109 Å². The first-order chi connectivity index (χ1) is 25.3. The zero-order valence-electron chi connectivity index (χ0n) is 27.4. The molecule has 0 atom stereocenters. The minimum absolute atomic E-state index is 0.834. The Balaban J connectivity index is 1.06. The Bertz CT molecular complexity index is 2670. The molecule has 0 bridgehead atoms. The fourth-order valence-corrected chi connectivity index (χ4v) is 8.14. The van der Waals surface area contributed by atoms with E-state index in [1.165, 1.54) is 10.8 Å². The molecular weight excluding hydrogens is 645 g/mol. The number of anilines is 6. The Kier molecular flexibility index (Phi) is 7.03. The van der Waals surface area contributed by atoms with E-state index < -0.39 is 0 Å². The van der Waals surface area contributed by atoms with Crippen LogP contribution in [-0.4, -0.2) is 0 Å². The zero-order valence-corrected chi connectivity index (χ0v) is 28.3. The van der Waals surface area contributed by atoms with Crippen molar-refractivity contribution in [1.29, 1.82) is 0 Å². The lowest BCUT2D eigenvalue weighted by atomic mass is 10.0. The van der Waals surface area contributed by atoms with Gasteiger partial charge in [0.15, 0.2) is 5.58 Å². The first-order valence-corrected chi connectivity index (χ1v) is 17.8. The van der Waals surface area contributed by atoms with Gasteiger partial charge in [0.25, 0.3) is 0 Å². The second kappa shape index (κ2) is 12.2. The van der Waals surface area contributed by atoms with Gasteiger partial charge in [-0.15, -0.1) is 0 Å². The quantitative estimate of drug-likeness (QED) is 0.175.